The van der Waals surface area contributed by atoms with Gasteiger partial charge in [0.2, 0.25) is 11.1 Å². The number of tetrazole rings is 1. The van der Waals surface area contributed by atoms with Crippen molar-refractivity contribution in [3.05, 3.63) is 30.1 Å². The Labute approximate surface area is 100.0 Å². The fraction of sp³-hybridized carbons (Fsp3) is 0.111. The van der Waals surface area contributed by atoms with Gasteiger partial charge in [-0.2, -0.15) is 4.68 Å². The number of hydrogen-bond acceptors (Lipinski definition) is 5. The molecule has 0 fully saturated rings. The van der Waals surface area contributed by atoms with Gasteiger partial charge >= 0.3 is 0 Å². The van der Waals surface area contributed by atoms with E-state index in [-0.39, 0.29) is 11.4 Å². The van der Waals surface area contributed by atoms with Crippen molar-refractivity contribution >= 4 is 17.7 Å². The Balaban J connectivity index is 2.31. The standard InChI is InChI=1S/C9H8FN5OS/c10-6-3-1-2-4-7(6)15-9(12-13-14-15)17-5-8(11)16/h1-4H,5H2,(H2,11,16). The van der Waals surface area contributed by atoms with Gasteiger partial charge in [-0.15, -0.1) is 5.10 Å². The fourth-order valence-corrected chi connectivity index (χ4v) is 1.80. The number of nitrogens with two attached hydrogens (primary N) is 1. The van der Waals surface area contributed by atoms with Crippen molar-refractivity contribution in [1.29, 1.82) is 0 Å². The summed E-state index contributed by atoms with van der Waals surface area (Å²) in [6.07, 6.45) is 0. The number of hydrogen-bond donors (Lipinski definition) is 1. The largest absolute Gasteiger partial charge is 0.369 e. The molecule has 1 heterocycles. The normalized spacial score (nSPS) is 10.4. The van der Waals surface area contributed by atoms with E-state index in [0.29, 0.717) is 5.16 Å². The van der Waals surface area contributed by atoms with Crippen molar-refractivity contribution in [2.24, 2.45) is 5.73 Å². The van der Waals surface area contributed by atoms with Crippen molar-refractivity contribution in [2.45, 2.75) is 5.16 Å². The molecule has 0 spiro atoms. The highest BCUT2D eigenvalue weighted by Crippen LogP contribution is 2.19. The number of halogens is 1. The molecule has 1 amide bonds. The summed E-state index contributed by atoms with van der Waals surface area (Å²) in [4.78, 5) is 10.7. The van der Waals surface area contributed by atoms with Gasteiger partial charge in [-0.1, -0.05) is 23.9 Å². The van der Waals surface area contributed by atoms with E-state index in [9.17, 15) is 9.18 Å². The van der Waals surface area contributed by atoms with Gasteiger partial charge in [0, 0.05) is 0 Å². The van der Waals surface area contributed by atoms with Gasteiger partial charge in [0.05, 0.1) is 5.75 Å². The van der Waals surface area contributed by atoms with Crippen molar-refractivity contribution < 1.29 is 9.18 Å². The monoisotopic (exact) mass is 253 g/mol. The van der Waals surface area contributed by atoms with Gasteiger partial charge < -0.3 is 5.73 Å². The van der Waals surface area contributed by atoms with E-state index in [4.69, 9.17) is 5.73 Å². The van der Waals surface area contributed by atoms with E-state index in [1.807, 2.05) is 0 Å². The lowest BCUT2D eigenvalue weighted by molar-refractivity contribution is -0.115. The maximum Gasteiger partial charge on any atom is 0.227 e. The molecular formula is C9H8FN5OS. The molecule has 2 rings (SSSR count). The van der Waals surface area contributed by atoms with Crippen LogP contribution in [-0.4, -0.2) is 31.9 Å². The lowest BCUT2D eigenvalue weighted by atomic mass is 10.3. The van der Waals surface area contributed by atoms with Gasteiger partial charge in [-0.25, -0.2) is 4.39 Å². The molecule has 0 aliphatic carbocycles. The number of aromatic nitrogens is 4. The first-order valence-electron chi connectivity index (χ1n) is 4.63. The van der Waals surface area contributed by atoms with Gasteiger partial charge in [-0.05, 0) is 22.6 Å². The minimum Gasteiger partial charge on any atom is -0.369 e. The number of thioether (sulfide) groups is 1. The first-order chi connectivity index (χ1) is 8.18. The molecule has 0 atom stereocenters. The molecule has 0 saturated heterocycles. The highest BCUT2D eigenvalue weighted by molar-refractivity contribution is 7.99. The van der Waals surface area contributed by atoms with Crippen LogP contribution in [0, 0.1) is 5.82 Å². The summed E-state index contributed by atoms with van der Waals surface area (Å²) >= 11 is 1.05. The first-order valence-corrected chi connectivity index (χ1v) is 5.61. The Morgan fingerprint density at radius 3 is 2.94 bits per heavy atom. The summed E-state index contributed by atoms with van der Waals surface area (Å²) in [6.45, 7) is 0. The van der Waals surface area contributed by atoms with Crippen molar-refractivity contribution in [1.82, 2.24) is 20.2 Å². The van der Waals surface area contributed by atoms with Crippen LogP contribution in [0.15, 0.2) is 29.4 Å². The maximum absolute atomic E-state index is 13.5. The van der Waals surface area contributed by atoms with Crippen LogP contribution in [0.25, 0.3) is 5.69 Å². The average Bonchev–Trinajstić information content (AvgIpc) is 2.75. The van der Waals surface area contributed by atoms with Gasteiger partial charge in [-0.3, -0.25) is 4.79 Å². The summed E-state index contributed by atoms with van der Waals surface area (Å²) in [5.41, 5.74) is 5.24. The molecule has 6 nitrogen and oxygen atoms in total. The molecule has 0 aliphatic rings. The Kier molecular flexibility index (Phi) is 3.33. The van der Waals surface area contributed by atoms with Crippen molar-refractivity contribution in [3.8, 4) is 5.69 Å². The Hall–Kier alpha value is -1.96. The molecule has 1 aromatic heterocycles. The number of carbonyl (C=O) groups is 1. The van der Waals surface area contributed by atoms with Crippen LogP contribution < -0.4 is 5.73 Å². The topological polar surface area (TPSA) is 86.7 Å². The summed E-state index contributed by atoms with van der Waals surface area (Å²) in [6, 6.07) is 6.08. The van der Waals surface area contributed by atoms with E-state index in [0.717, 1.165) is 11.8 Å². The van der Waals surface area contributed by atoms with Crippen molar-refractivity contribution in [3.63, 3.8) is 0 Å². The molecule has 17 heavy (non-hydrogen) atoms. The van der Waals surface area contributed by atoms with Crippen molar-refractivity contribution in [2.75, 3.05) is 5.75 Å². The molecule has 0 bridgehead atoms. The predicted octanol–water partition coefficient (Wildman–Crippen LogP) is 0.379. The molecule has 88 valence electrons. The number of rotatable bonds is 4. The Morgan fingerprint density at radius 2 is 2.24 bits per heavy atom. The Morgan fingerprint density at radius 1 is 1.47 bits per heavy atom. The van der Waals surface area contributed by atoms with E-state index >= 15 is 0 Å². The third-order valence-corrected chi connectivity index (χ3v) is 2.81. The molecular weight excluding hydrogens is 245 g/mol. The SMILES string of the molecule is NC(=O)CSc1nnnn1-c1ccccc1F. The fourth-order valence-electron chi connectivity index (χ4n) is 1.18. The molecule has 1 aromatic carbocycles. The zero-order chi connectivity index (χ0) is 12.3. The third-order valence-electron chi connectivity index (χ3n) is 1.87. The zero-order valence-electron chi connectivity index (χ0n) is 8.58. The Bertz CT molecular complexity index is 544. The van der Waals surface area contributed by atoms with Crippen LogP contribution in [0.1, 0.15) is 0 Å². The smallest absolute Gasteiger partial charge is 0.227 e. The van der Waals surface area contributed by atoms with Crippen LogP contribution in [0.4, 0.5) is 4.39 Å². The highest BCUT2D eigenvalue weighted by atomic mass is 32.2. The lowest BCUT2D eigenvalue weighted by Crippen LogP contribution is -2.14. The summed E-state index contributed by atoms with van der Waals surface area (Å²) in [5.74, 6) is -0.895. The van der Waals surface area contributed by atoms with E-state index in [2.05, 4.69) is 15.5 Å². The van der Waals surface area contributed by atoms with E-state index in [1.54, 1.807) is 18.2 Å². The first kappa shape index (κ1) is 11.5. The molecule has 0 aliphatic heterocycles. The summed E-state index contributed by atoms with van der Waals surface area (Å²) in [5, 5.41) is 11.1. The third kappa shape index (κ3) is 2.59. The number of para-hydroxylation sites is 1. The second-order valence-corrected chi connectivity index (χ2v) is 4.02. The van der Waals surface area contributed by atoms with Crippen LogP contribution in [0.3, 0.4) is 0 Å². The van der Waals surface area contributed by atoms with E-state index < -0.39 is 11.7 Å². The minimum atomic E-state index is -0.488. The number of amides is 1. The second-order valence-electron chi connectivity index (χ2n) is 3.08. The molecule has 0 radical (unpaired) electrons. The zero-order valence-corrected chi connectivity index (χ0v) is 9.39. The van der Waals surface area contributed by atoms with Gasteiger partial charge in [0.1, 0.15) is 11.5 Å². The predicted molar refractivity (Wildman–Crippen MR) is 59.0 cm³/mol. The second kappa shape index (κ2) is 4.91. The molecule has 8 heteroatoms. The van der Waals surface area contributed by atoms with Crippen LogP contribution in [-0.2, 0) is 4.79 Å². The van der Waals surface area contributed by atoms with E-state index in [1.165, 1.54) is 10.7 Å². The molecule has 0 unspecified atom stereocenters. The quantitative estimate of drug-likeness (QED) is 0.796. The lowest BCUT2D eigenvalue weighted by Gasteiger charge is -2.03. The van der Waals surface area contributed by atoms with Crippen LogP contribution >= 0.6 is 11.8 Å². The molecule has 2 N–H and O–H groups in total. The van der Waals surface area contributed by atoms with Crippen LogP contribution in [0.5, 0.6) is 0 Å². The maximum atomic E-state index is 13.5. The number of carbonyl (C=O) groups excluding carboxylic acids is 1. The van der Waals surface area contributed by atoms with Gasteiger partial charge in [0.15, 0.2) is 0 Å². The summed E-state index contributed by atoms with van der Waals surface area (Å²) in [7, 11) is 0. The summed E-state index contributed by atoms with van der Waals surface area (Å²) < 4.78 is 14.7. The average molecular weight is 253 g/mol. The molecule has 2 aromatic rings. The van der Waals surface area contributed by atoms with Crippen LogP contribution in [0.2, 0.25) is 0 Å². The number of primary amides is 1. The highest BCUT2D eigenvalue weighted by Gasteiger charge is 2.12. The number of benzene rings is 1. The molecule has 0 saturated carbocycles. The minimum absolute atomic E-state index is 0.0365. The number of nitrogens with zero attached hydrogens (tertiary/aromatic N) is 4. The van der Waals surface area contributed by atoms with Gasteiger partial charge in [0.25, 0.3) is 0 Å².